The van der Waals surface area contributed by atoms with E-state index in [1.54, 1.807) is 24.5 Å². The van der Waals surface area contributed by atoms with Crippen LogP contribution in [0, 0.1) is 6.92 Å². The first-order chi connectivity index (χ1) is 9.69. The van der Waals surface area contributed by atoms with E-state index in [2.05, 4.69) is 22.2 Å². The normalized spacial score (nSPS) is 9.85. The van der Waals surface area contributed by atoms with Gasteiger partial charge in [-0.3, -0.25) is 9.78 Å². The molecule has 1 aromatic carbocycles. The molecule has 0 aliphatic rings. The van der Waals surface area contributed by atoms with Crippen molar-refractivity contribution in [2.45, 2.75) is 6.92 Å². The average Bonchev–Trinajstić information content (AvgIpc) is 2.45. The van der Waals surface area contributed by atoms with Gasteiger partial charge in [-0.25, -0.2) is 0 Å². The van der Waals surface area contributed by atoms with Crippen LogP contribution >= 0.6 is 0 Å². The van der Waals surface area contributed by atoms with E-state index in [-0.39, 0.29) is 5.91 Å². The van der Waals surface area contributed by atoms with Crippen molar-refractivity contribution in [1.29, 1.82) is 0 Å². The molecule has 0 spiro atoms. The van der Waals surface area contributed by atoms with E-state index in [4.69, 9.17) is 0 Å². The van der Waals surface area contributed by atoms with Crippen molar-refractivity contribution in [2.24, 2.45) is 0 Å². The second kappa shape index (κ2) is 6.52. The fraction of sp³-hybridized carbons (Fsp3) is 0.125. The molecule has 0 unspecified atom stereocenters. The van der Waals surface area contributed by atoms with Crippen LogP contribution in [0.4, 0.5) is 11.4 Å². The lowest BCUT2D eigenvalue weighted by Gasteiger charge is -2.08. The summed E-state index contributed by atoms with van der Waals surface area (Å²) < 4.78 is 0. The number of benzene rings is 1. The van der Waals surface area contributed by atoms with E-state index >= 15 is 0 Å². The van der Waals surface area contributed by atoms with Crippen molar-refractivity contribution in [3.63, 3.8) is 0 Å². The Morgan fingerprint density at radius 1 is 1.30 bits per heavy atom. The third-order valence-corrected chi connectivity index (χ3v) is 2.71. The van der Waals surface area contributed by atoms with Crippen molar-refractivity contribution in [2.75, 3.05) is 11.9 Å². The molecular formula is C16H17N3O. The van der Waals surface area contributed by atoms with Crippen LogP contribution in [-0.2, 0) is 0 Å². The molecule has 2 N–H and O–H groups in total. The van der Waals surface area contributed by atoms with Crippen LogP contribution in [0.3, 0.4) is 0 Å². The van der Waals surface area contributed by atoms with Gasteiger partial charge < -0.3 is 10.6 Å². The van der Waals surface area contributed by atoms with E-state index in [9.17, 15) is 4.79 Å². The molecule has 4 heteroatoms. The maximum absolute atomic E-state index is 11.8. The van der Waals surface area contributed by atoms with Crippen LogP contribution in [0.25, 0.3) is 0 Å². The number of hydrogen-bond acceptors (Lipinski definition) is 3. The minimum absolute atomic E-state index is 0.162. The number of rotatable bonds is 5. The molecule has 2 aromatic rings. The predicted molar refractivity (Wildman–Crippen MR) is 81.2 cm³/mol. The summed E-state index contributed by atoms with van der Waals surface area (Å²) in [5.41, 5.74) is 3.43. The van der Waals surface area contributed by atoms with E-state index in [1.165, 1.54) is 5.56 Å². The number of carbonyl (C=O) groups excluding carboxylic acids is 1. The number of nitrogens with one attached hydrogen (secondary N) is 2. The molecule has 102 valence electrons. The zero-order valence-electron chi connectivity index (χ0n) is 11.4. The van der Waals surface area contributed by atoms with Gasteiger partial charge in [0.1, 0.15) is 0 Å². The second-order valence-corrected chi connectivity index (χ2v) is 4.46. The highest BCUT2D eigenvalue weighted by molar-refractivity contribution is 5.94. The van der Waals surface area contributed by atoms with Crippen molar-refractivity contribution in [3.05, 3.63) is 66.5 Å². The molecule has 4 nitrogen and oxygen atoms in total. The average molecular weight is 267 g/mol. The summed E-state index contributed by atoms with van der Waals surface area (Å²) in [6.07, 6.45) is 4.87. The van der Waals surface area contributed by atoms with E-state index in [0.29, 0.717) is 12.1 Å². The van der Waals surface area contributed by atoms with E-state index < -0.39 is 0 Å². The summed E-state index contributed by atoms with van der Waals surface area (Å²) in [6, 6.07) is 9.78. The molecule has 0 atom stereocenters. The van der Waals surface area contributed by atoms with Gasteiger partial charge in [-0.1, -0.05) is 18.2 Å². The summed E-state index contributed by atoms with van der Waals surface area (Å²) in [5, 5.41) is 5.96. The summed E-state index contributed by atoms with van der Waals surface area (Å²) in [5.74, 6) is -0.162. The Morgan fingerprint density at radius 3 is 2.90 bits per heavy atom. The Hall–Kier alpha value is -2.62. The standard InChI is InChI=1S/C16H17N3O/c1-3-7-18-16(20)13-9-15(11-17-10-13)19-14-6-4-5-12(2)8-14/h3-6,8-11,19H,1,7H2,2H3,(H,18,20). The number of pyridine rings is 1. The fourth-order valence-corrected chi connectivity index (χ4v) is 1.79. The third-order valence-electron chi connectivity index (χ3n) is 2.71. The van der Waals surface area contributed by atoms with Gasteiger partial charge in [-0.2, -0.15) is 0 Å². The second-order valence-electron chi connectivity index (χ2n) is 4.46. The molecule has 0 saturated heterocycles. The van der Waals surface area contributed by atoms with Crippen LogP contribution in [0.15, 0.2) is 55.4 Å². The molecule has 1 heterocycles. The first-order valence-electron chi connectivity index (χ1n) is 6.37. The Bertz CT molecular complexity index is 623. The molecular weight excluding hydrogens is 250 g/mol. The van der Waals surface area contributed by atoms with Crippen LogP contribution in [-0.4, -0.2) is 17.4 Å². The van der Waals surface area contributed by atoms with Gasteiger partial charge in [0.05, 0.1) is 17.4 Å². The minimum Gasteiger partial charge on any atom is -0.354 e. The number of aromatic nitrogens is 1. The zero-order chi connectivity index (χ0) is 14.4. The molecule has 20 heavy (non-hydrogen) atoms. The lowest BCUT2D eigenvalue weighted by Crippen LogP contribution is -2.23. The smallest absolute Gasteiger partial charge is 0.253 e. The molecule has 0 fully saturated rings. The first kappa shape index (κ1) is 13.8. The van der Waals surface area contributed by atoms with Crippen molar-refractivity contribution in [3.8, 4) is 0 Å². The summed E-state index contributed by atoms with van der Waals surface area (Å²) in [4.78, 5) is 15.9. The number of anilines is 2. The Balaban J connectivity index is 2.13. The highest BCUT2D eigenvalue weighted by Gasteiger charge is 2.05. The summed E-state index contributed by atoms with van der Waals surface area (Å²) >= 11 is 0. The van der Waals surface area contributed by atoms with Crippen LogP contribution < -0.4 is 10.6 Å². The van der Waals surface area contributed by atoms with Gasteiger partial charge in [0.2, 0.25) is 0 Å². The quantitative estimate of drug-likeness (QED) is 0.819. The van der Waals surface area contributed by atoms with Gasteiger partial charge in [-0.05, 0) is 30.7 Å². The zero-order valence-corrected chi connectivity index (χ0v) is 11.4. The molecule has 0 saturated carbocycles. The van der Waals surface area contributed by atoms with Crippen LogP contribution in [0.1, 0.15) is 15.9 Å². The van der Waals surface area contributed by atoms with Crippen LogP contribution in [0.2, 0.25) is 0 Å². The number of nitrogens with zero attached hydrogens (tertiary/aromatic N) is 1. The molecule has 1 aromatic heterocycles. The Kier molecular flexibility index (Phi) is 4.50. The summed E-state index contributed by atoms with van der Waals surface area (Å²) in [7, 11) is 0. The Morgan fingerprint density at radius 2 is 2.15 bits per heavy atom. The first-order valence-corrected chi connectivity index (χ1v) is 6.37. The molecule has 1 amide bonds. The lowest BCUT2D eigenvalue weighted by atomic mass is 10.2. The molecule has 0 bridgehead atoms. The fourth-order valence-electron chi connectivity index (χ4n) is 1.79. The third kappa shape index (κ3) is 3.68. The van der Waals surface area contributed by atoms with E-state index in [1.807, 2.05) is 31.2 Å². The predicted octanol–water partition coefficient (Wildman–Crippen LogP) is 3.05. The molecule has 0 aliphatic heterocycles. The summed E-state index contributed by atoms with van der Waals surface area (Å²) in [6.45, 7) is 6.03. The number of carbonyl (C=O) groups is 1. The van der Waals surface area contributed by atoms with Gasteiger partial charge in [0, 0.05) is 18.4 Å². The number of aryl methyl sites for hydroxylation is 1. The molecule has 0 radical (unpaired) electrons. The monoisotopic (exact) mass is 267 g/mol. The number of amides is 1. The van der Waals surface area contributed by atoms with Gasteiger partial charge >= 0.3 is 0 Å². The van der Waals surface area contributed by atoms with Crippen molar-refractivity contribution < 1.29 is 4.79 Å². The van der Waals surface area contributed by atoms with E-state index in [0.717, 1.165) is 11.4 Å². The lowest BCUT2D eigenvalue weighted by molar-refractivity contribution is 0.0957. The van der Waals surface area contributed by atoms with Gasteiger partial charge in [0.15, 0.2) is 0 Å². The molecule has 2 rings (SSSR count). The molecule has 0 aliphatic carbocycles. The van der Waals surface area contributed by atoms with Crippen molar-refractivity contribution in [1.82, 2.24) is 10.3 Å². The SMILES string of the molecule is C=CCNC(=O)c1cncc(Nc2cccc(C)c2)c1. The van der Waals surface area contributed by atoms with Crippen molar-refractivity contribution >= 4 is 17.3 Å². The van der Waals surface area contributed by atoms with Gasteiger partial charge in [-0.15, -0.1) is 6.58 Å². The largest absolute Gasteiger partial charge is 0.354 e. The Labute approximate surface area is 118 Å². The van der Waals surface area contributed by atoms with Gasteiger partial charge in [0.25, 0.3) is 5.91 Å². The van der Waals surface area contributed by atoms with Crippen LogP contribution in [0.5, 0.6) is 0 Å². The maximum atomic E-state index is 11.8. The highest BCUT2D eigenvalue weighted by atomic mass is 16.1. The maximum Gasteiger partial charge on any atom is 0.253 e. The topological polar surface area (TPSA) is 54.0 Å². The number of hydrogen-bond donors (Lipinski definition) is 2. The highest BCUT2D eigenvalue weighted by Crippen LogP contribution is 2.17. The minimum atomic E-state index is -0.162.